The minimum absolute atomic E-state index is 0.243. The van der Waals surface area contributed by atoms with E-state index in [-0.39, 0.29) is 10.3 Å². The third kappa shape index (κ3) is 4.06. The lowest BCUT2D eigenvalue weighted by atomic mass is 9.95. The molecule has 0 fully saturated rings. The first-order chi connectivity index (χ1) is 7.78. The van der Waals surface area contributed by atoms with Crippen molar-refractivity contribution >= 4 is 26.0 Å². The molecule has 0 saturated carbocycles. The molecule has 0 aromatic heterocycles. The average Bonchev–Trinajstić information content (AvgIpc) is 2.27. The standard InChI is InChI=1S/C11H17BrN2O2S/c1-11(2,7-13)8-14-17(15,16)10-6-4-3-5-9(10)12/h3-6,14H,7-8,13H2,1-2H3. The van der Waals surface area contributed by atoms with Crippen LogP contribution in [-0.4, -0.2) is 21.5 Å². The van der Waals surface area contributed by atoms with E-state index < -0.39 is 10.0 Å². The highest BCUT2D eigenvalue weighted by molar-refractivity contribution is 9.10. The van der Waals surface area contributed by atoms with E-state index in [4.69, 9.17) is 5.73 Å². The Morgan fingerprint density at radius 1 is 1.35 bits per heavy atom. The first-order valence-electron chi connectivity index (χ1n) is 5.23. The number of benzene rings is 1. The lowest BCUT2D eigenvalue weighted by Crippen LogP contribution is -2.38. The molecule has 6 heteroatoms. The summed E-state index contributed by atoms with van der Waals surface area (Å²) in [5.41, 5.74) is 5.30. The second-order valence-corrected chi connectivity index (χ2v) is 7.21. The fraction of sp³-hybridized carbons (Fsp3) is 0.455. The molecule has 0 atom stereocenters. The maximum atomic E-state index is 12.0. The van der Waals surface area contributed by atoms with E-state index >= 15 is 0 Å². The third-order valence-corrected chi connectivity index (χ3v) is 4.83. The van der Waals surface area contributed by atoms with Gasteiger partial charge in [-0.25, -0.2) is 13.1 Å². The molecule has 3 N–H and O–H groups in total. The van der Waals surface area contributed by atoms with Crippen LogP contribution in [0.15, 0.2) is 33.6 Å². The zero-order valence-electron chi connectivity index (χ0n) is 9.90. The van der Waals surface area contributed by atoms with Crippen molar-refractivity contribution in [3.05, 3.63) is 28.7 Å². The topological polar surface area (TPSA) is 72.2 Å². The molecule has 0 radical (unpaired) electrons. The lowest BCUT2D eigenvalue weighted by Gasteiger charge is -2.22. The summed E-state index contributed by atoms with van der Waals surface area (Å²) in [5, 5.41) is 0. The van der Waals surface area contributed by atoms with Gasteiger partial charge in [0.1, 0.15) is 0 Å². The van der Waals surface area contributed by atoms with Crippen molar-refractivity contribution in [2.24, 2.45) is 11.1 Å². The molecule has 0 aliphatic carbocycles. The molecule has 0 unspecified atom stereocenters. The van der Waals surface area contributed by atoms with Crippen LogP contribution in [0.5, 0.6) is 0 Å². The smallest absolute Gasteiger partial charge is 0.241 e. The summed E-state index contributed by atoms with van der Waals surface area (Å²) >= 11 is 3.23. The van der Waals surface area contributed by atoms with Crippen molar-refractivity contribution in [1.29, 1.82) is 0 Å². The van der Waals surface area contributed by atoms with E-state index in [1.807, 2.05) is 13.8 Å². The minimum Gasteiger partial charge on any atom is -0.330 e. The number of nitrogens with two attached hydrogens (primary N) is 1. The molecule has 0 aliphatic heterocycles. The maximum absolute atomic E-state index is 12.0. The number of hydrogen-bond donors (Lipinski definition) is 2. The molecule has 17 heavy (non-hydrogen) atoms. The van der Waals surface area contributed by atoms with Crippen molar-refractivity contribution in [2.75, 3.05) is 13.1 Å². The minimum atomic E-state index is -3.49. The van der Waals surface area contributed by atoms with Crippen molar-refractivity contribution in [3.8, 4) is 0 Å². The van der Waals surface area contributed by atoms with E-state index in [1.165, 1.54) is 0 Å². The second-order valence-electron chi connectivity index (χ2n) is 4.62. The van der Waals surface area contributed by atoms with Crippen LogP contribution in [0.1, 0.15) is 13.8 Å². The van der Waals surface area contributed by atoms with Gasteiger partial charge in [0.25, 0.3) is 0 Å². The van der Waals surface area contributed by atoms with Crippen molar-refractivity contribution in [2.45, 2.75) is 18.7 Å². The van der Waals surface area contributed by atoms with Gasteiger partial charge in [-0.05, 0) is 40.0 Å². The van der Waals surface area contributed by atoms with Crippen LogP contribution >= 0.6 is 15.9 Å². The Morgan fingerprint density at radius 2 is 1.94 bits per heavy atom. The number of rotatable bonds is 5. The molecular formula is C11H17BrN2O2S. The van der Waals surface area contributed by atoms with Gasteiger partial charge in [0, 0.05) is 11.0 Å². The predicted octanol–water partition coefficient (Wildman–Crippen LogP) is 1.71. The number of hydrogen-bond acceptors (Lipinski definition) is 3. The number of halogens is 1. The summed E-state index contributed by atoms with van der Waals surface area (Å²) < 4.78 is 27.2. The fourth-order valence-electron chi connectivity index (χ4n) is 1.10. The summed E-state index contributed by atoms with van der Waals surface area (Å²) in [6.45, 7) is 4.56. The molecule has 0 amide bonds. The van der Waals surface area contributed by atoms with E-state index in [9.17, 15) is 8.42 Å². The van der Waals surface area contributed by atoms with Gasteiger partial charge in [-0.2, -0.15) is 0 Å². The van der Waals surface area contributed by atoms with Gasteiger partial charge in [0.15, 0.2) is 0 Å². The normalized spacial score (nSPS) is 12.7. The van der Waals surface area contributed by atoms with Crippen LogP contribution in [0, 0.1) is 5.41 Å². The van der Waals surface area contributed by atoms with Gasteiger partial charge in [0.05, 0.1) is 4.90 Å². The summed E-state index contributed by atoms with van der Waals surface area (Å²) in [5.74, 6) is 0. The predicted molar refractivity (Wildman–Crippen MR) is 72.2 cm³/mol. The Hall–Kier alpha value is -0.430. The zero-order chi connectivity index (χ0) is 13.1. The van der Waals surface area contributed by atoms with E-state index in [2.05, 4.69) is 20.7 Å². The molecular weight excluding hydrogens is 304 g/mol. The molecule has 4 nitrogen and oxygen atoms in total. The number of nitrogens with one attached hydrogen (secondary N) is 1. The molecule has 0 heterocycles. The van der Waals surface area contributed by atoms with Crippen LogP contribution in [0.25, 0.3) is 0 Å². The Balaban J connectivity index is 2.88. The third-order valence-electron chi connectivity index (χ3n) is 2.42. The summed E-state index contributed by atoms with van der Waals surface area (Å²) in [6.07, 6.45) is 0. The highest BCUT2D eigenvalue weighted by Crippen LogP contribution is 2.21. The van der Waals surface area contributed by atoms with Crippen LogP contribution < -0.4 is 10.5 Å². The van der Waals surface area contributed by atoms with E-state index in [0.717, 1.165) is 0 Å². The maximum Gasteiger partial charge on any atom is 0.241 e. The van der Waals surface area contributed by atoms with Crippen LogP contribution in [0.2, 0.25) is 0 Å². The molecule has 96 valence electrons. The SMILES string of the molecule is CC(C)(CN)CNS(=O)(=O)c1ccccc1Br. The van der Waals surface area contributed by atoms with Crippen molar-refractivity contribution < 1.29 is 8.42 Å². The van der Waals surface area contributed by atoms with E-state index in [1.54, 1.807) is 24.3 Å². The highest BCUT2D eigenvalue weighted by Gasteiger charge is 2.22. The van der Waals surface area contributed by atoms with Gasteiger partial charge in [-0.3, -0.25) is 0 Å². The first-order valence-corrected chi connectivity index (χ1v) is 7.50. The van der Waals surface area contributed by atoms with Crippen LogP contribution in [0.3, 0.4) is 0 Å². The van der Waals surface area contributed by atoms with Gasteiger partial charge in [0.2, 0.25) is 10.0 Å². The van der Waals surface area contributed by atoms with Gasteiger partial charge in [-0.1, -0.05) is 26.0 Å². The molecule has 1 aromatic carbocycles. The summed E-state index contributed by atoms with van der Waals surface area (Å²) in [7, 11) is -3.49. The number of sulfonamides is 1. The Labute approximate surface area is 111 Å². The summed E-state index contributed by atoms with van der Waals surface area (Å²) in [6, 6.07) is 6.71. The Bertz CT molecular complexity index is 486. The Kier molecular flexibility index (Phi) is 4.71. The van der Waals surface area contributed by atoms with Crippen molar-refractivity contribution in [1.82, 2.24) is 4.72 Å². The van der Waals surface area contributed by atoms with Crippen LogP contribution in [0.4, 0.5) is 0 Å². The lowest BCUT2D eigenvalue weighted by molar-refractivity contribution is 0.376. The first kappa shape index (κ1) is 14.6. The molecule has 0 bridgehead atoms. The van der Waals surface area contributed by atoms with Crippen molar-refractivity contribution in [3.63, 3.8) is 0 Å². The molecule has 0 spiro atoms. The Morgan fingerprint density at radius 3 is 2.47 bits per heavy atom. The van der Waals surface area contributed by atoms with Gasteiger partial charge in [-0.15, -0.1) is 0 Å². The average molecular weight is 321 g/mol. The molecule has 1 aromatic rings. The molecule has 1 rings (SSSR count). The summed E-state index contributed by atoms with van der Waals surface area (Å²) in [4.78, 5) is 0.243. The largest absolute Gasteiger partial charge is 0.330 e. The second kappa shape index (κ2) is 5.48. The highest BCUT2D eigenvalue weighted by atomic mass is 79.9. The quantitative estimate of drug-likeness (QED) is 0.867. The molecule has 0 saturated heterocycles. The zero-order valence-corrected chi connectivity index (χ0v) is 12.3. The monoisotopic (exact) mass is 320 g/mol. The van der Waals surface area contributed by atoms with Crippen LogP contribution in [-0.2, 0) is 10.0 Å². The molecule has 0 aliphatic rings. The van der Waals surface area contributed by atoms with Gasteiger partial charge < -0.3 is 5.73 Å². The van der Waals surface area contributed by atoms with Gasteiger partial charge >= 0.3 is 0 Å². The van der Waals surface area contributed by atoms with E-state index in [0.29, 0.717) is 17.6 Å². The fourth-order valence-corrected chi connectivity index (χ4v) is 3.35.